The van der Waals surface area contributed by atoms with Crippen LogP contribution in [-0.4, -0.2) is 43.5 Å². The molecule has 0 radical (unpaired) electrons. The standard InChI is InChI=1S/C11H17NO2/c1-9(2)10(13)5-6-11(12(3)4)7-14-8-11/h9H,7-8H2,1-4H3. The molecule has 1 saturated heterocycles. The van der Waals surface area contributed by atoms with Crippen molar-refractivity contribution in [1.82, 2.24) is 4.90 Å². The predicted molar refractivity (Wildman–Crippen MR) is 54.9 cm³/mol. The molecule has 3 heteroatoms. The fourth-order valence-corrected chi connectivity index (χ4v) is 1.06. The van der Waals surface area contributed by atoms with Gasteiger partial charge in [-0.2, -0.15) is 0 Å². The molecule has 0 N–H and O–H groups in total. The molecule has 1 aliphatic rings. The van der Waals surface area contributed by atoms with Gasteiger partial charge in [0, 0.05) is 5.92 Å². The zero-order valence-corrected chi connectivity index (χ0v) is 9.26. The molecule has 1 rings (SSSR count). The Morgan fingerprint density at radius 2 is 2.00 bits per heavy atom. The first kappa shape index (κ1) is 11.2. The number of carbonyl (C=O) groups excluding carboxylic acids is 1. The van der Waals surface area contributed by atoms with E-state index in [2.05, 4.69) is 11.8 Å². The van der Waals surface area contributed by atoms with Gasteiger partial charge in [-0.05, 0) is 20.0 Å². The van der Waals surface area contributed by atoms with E-state index in [-0.39, 0.29) is 17.2 Å². The molecule has 1 fully saturated rings. The topological polar surface area (TPSA) is 29.5 Å². The minimum Gasteiger partial charge on any atom is -0.375 e. The van der Waals surface area contributed by atoms with E-state index in [0.29, 0.717) is 13.2 Å². The molecule has 1 aliphatic heterocycles. The molecule has 1 heterocycles. The normalized spacial score (nSPS) is 18.7. The molecule has 0 aromatic carbocycles. The highest BCUT2D eigenvalue weighted by Crippen LogP contribution is 2.21. The van der Waals surface area contributed by atoms with E-state index in [1.807, 2.05) is 32.8 Å². The third-order valence-electron chi connectivity index (χ3n) is 2.48. The number of Topliss-reactive ketones (excluding diaryl/α,β-unsaturated/α-hetero) is 1. The van der Waals surface area contributed by atoms with Crippen LogP contribution in [0.2, 0.25) is 0 Å². The molecule has 0 saturated carbocycles. The number of likely N-dealkylation sites (N-methyl/N-ethyl adjacent to an activating group) is 1. The summed E-state index contributed by atoms with van der Waals surface area (Å²) in [6.07, 6.45) is 0. The second-order valence-electron chi connectivity index (χ2n) is 4.19. The van der Waals surface area contributed by atoms with Crippen LogP contribution in [-0.2, 0) is 9.53 Å². The SMILES string of the molecule is CC(C)C(=O)C#CC1(N(C)C)COC1. The van der Waals surface area contributed by atoms with Crippen molar-refractivity contribution >= 4 is 5.78 Å². The summed E-state index contributed by atoms with van der Waals surface area (Å²) in [4.78, 5) is 13.3. The molecule has 0 amide bonds. The average molecular weight is 195 g/mol. The summed E-state index contributed by atoms with van der Waals surface area (Å²) in [6, 6.07) is 0. The number of hydrogen-bond donors (Lipinski definition) is 0. The molecular weight excluding hydrogens is 178 g/mol. The third kappa shape index (κ3) is 2.14. The molecule has 0 spiro atoms. The molecule has 3 nitrogen and oxygen atoms in total. The summed E-state index contributed by atoms with van der Waals surface area (Å²) in [5, 5.41) is 0. The van der Waals surface area contributed by atoms with Crippen LogP contribution in [0.25, 0.3) is 0 Å². The summed E-state index contributed by atoms with van der Waals surface area (Å²) in [5.74, 6) is 5.70. The van der Waals surface area contributed by atoms with Crippen LogP contribution in [0, 0.1) is 17.8 Å². The van der Waals surface area contributed by atoms with Crippen LogP contribution >= 0.6 is 0 Å². The molecular formula is C11H17NO2. The minimum atomic E-state index is -0.232. The Bertz CT molecular complexity index is 279. The summed E-state index contributed by atoms with van der Waals surface area (Å²) >= 11 is 0. The number of hydrogen-bond acceptors (Lipinski definition) is 3. The Balaban J connectivity index is 2.69. The van der Waals surface area contributed by atoms with Crippen molar-refractivity contribution < 1.29 is 9.53 Å². The summed E-state index contributed by atoms with van der Waals surface area (Å²) < 4.78 is 5.14. The maximum absolute atomic E-state index is 11.3. The minimum absolute atomic E-state index is 0.00174. The molecule has 78 valence electrons. The maximum Gasteiger partial charge on any atom is 0.208 e. The molecule has 0 bridgehead atoms. The Kier molecular flexibility index (Phi) is 3.30. The average Bonchev–Trinajstić information content (AvgIpc) is 2.00. The van der Waals surface area contributed by atoms with Crippen molar-refractivity contribution in [3.05, 3.63) is 0 Å². The molecule has 0 atom stereocenters. The van der Waals surface area contributed by atoms with E-state index >= 15 is 0 Å². The van der Waals surface area contributed by atoms with Crippen molar-refractivity contribution in [1.29, 1.82) is 0 Å². The molecule has 0 aromatic rings. The van der Waals surface area contributed by atoms with Gasteiger partial charge in [0.15, 0.2) is 0 Å². The molecule has 0 aromatic heterocycles. The van der Waals surface area contributed by atoms with Crippen LogP contribution in [0.3, 0.4) is 0 Å². The zero-order chi connectivity index (χ0) is 10.8. The largest absolute Gasteiger partial charge is 0.375 e. The van der Waals surface area contributed by atoms with Crippen molar-refractivity contribution in [2.75, 3.05) is 27.3 Å². The van der Waals surface area contributed by atoms with Gasteiger partial charge in [0.1, 0.15) is 5.54 Å². The van der Waals surface area contributed by atoms with Crippen LogP contribution in [0.1, 0.15) is 13.8 Å². The number of nitrogens with zero attached hydrogens (tertiary/aromatic N) is 1. The highest BCUT2D eigenvalue weighted by Gasteiger charge is 2.39. The maximum atomic E-state index is 11.3. The van der Waals surface area contributed by atoms with Gasteiger partial charge in [0.25, 0.3) is 0 Å². The fourth-order valence-electron chi connectivity index (χ4n) is 1.06. The Labute approximate surface area is 85.4 Å². The predicted octanol–water partition coefficient (Wildman–Crippen LogP) is 0.545. The summed E-state index contributed by atoms with van der Waals surface area (Å²) in [7, 11) is 3.91. The molecule has 14 heavy (non-hydrogen) atoms. The second kappa shape index (κ2) is 4.12. The lowest BCUT2D eigenvalue weighted by atomic mass is 9.96. The lowest BCUT2D eigenvalue weighted by Crippen LogP contribution is -2.58. The van der Waals surface area contributed by atoms with Crippen LogP contribution < -0.4 is 0 Å². The summed E-state index contributed by atoms with van der Waals surface area (Å²) in [6.45, 7) is 4.91. The van der Waals surface area contributed by atoms with E-state index in [9.17, 15) is 4.79 Å². The van der Waals surface area contributed by atoms with Gasteiger partial charge in [-0.3, -0.25) is 9.69 Å². The van der Waals surface area contributed by atoms with Crippen molar-refractivity contribution in [2.24, 2.45) is 5.92 Å². The monoisotopic (exact) mass is 195 g/mol. The van der Waals surface area contributed by atoms with Gasteiger partial charge in [-0.1, -0.05) is 19.8 Å². The first-order chi connectivity index (χ1) is 6.48. The van der Waals surface area contributed by atoms with E-state index in [0.717, 1.165) is 0 Å². The van der Waals surface area contributed by atoms with Gasteiger partial charge in [0.2, 0.25) is 5.78 Å². The van der Waals surface area contributed by atoms with Gasteiger partial charge in [0.05, 0.1) is 13.2 Å². The lowest BCUT2D eigenvalue weighted by molar-refractivity contribution is -0.116. The Morgan fingerprint density at radius 3 is 2.29 bits per heavy atom. The second-order valence-corrected chi connectivity index (χ2v) is 4.19. The first-order valence-corrected chi connectivity index (χ1v) is 4.80. The van der Waals surface area contributed by atoms with Crippen molar-refractivity contribution in [3.63, 3.8) is 0 Å². The fraction of sp³-hybridized carbons (Fsp3) is 0.727. The van der Waals surface area contributed by atoms with Gasteiger partial charge < -0.3 is 4.74 Å². The van der Waals surface area contributed by atoms with Crippen molar-refractivity contribution in [3.8, 4) is 11.8 Å². The van der Waals surface area contributed by atoms with Crippen molar-refractivity contribution in [2.45, 2.75) is 19.4 Å². The van der Waals surface area contributed by atoms with Crippen LogP contribution in [0.4, 0.5) is 0 Å². The highest BCUT2D eigenvalue weighted by molar-refractivity contribution is 5.97. The molecule has 0 unspecified atom stereocenters. The van der Waals surface area contributed by atoms with E-state index in [4.69, 9.17) is 4.74 Å². The van der Waals surface area contributed by atoms with E-state index in [1.165, 1.54) is 0 Å². The number of ether oxygens (including phenoxy) is 1. The number of ketones is 1. The van der Waals surface area contributed by atoms with Crippen LogP contribution in [0.15, 0.2) is 0 Å². The number of carbonyl (C=O) groups is 1. The Hall–Kier alpha value is -0.850. The van der Waals surface area contributed by atoms with Gasteiger partial charge in [-0.15, -0.1) is 0 Å². The number of rotatable bonds is 2. The van der Waals surface area contributed by atoms with Gasteiger partial charge >= 0.3 is 0 Å². The van der Waals surface area contributed by atoms with Crippen LogP contribution in [0.5, 0.6) is 0 Å². The van der Waals surface area contributed by atoms with Gasteiger partial charge in [-0.25, -0.2) is 0 Å². The molecule has 0 aliphatic carbocycles. The zero-order valence-electron chi connectivity index (χ0n) is 9.26. The third-order valence-corrected chi connectivity index (χ3v) is 2.48. The van der Waals surface area contributed by atoms with E-state index < -0.39 is 0 Å². The summed E-state index contributed by atoms with van der Waals surface area (Å²) in [5.41, 5.74) is -0.232. The quantitative estimate of drug-likeness (QED) is 0.476. The van der Waals surface area contributed by atoms with E-state index in [1.54, 1.807) is 0 Å². The lowest BCUT2D eigenvalue weighted by Gasteiger charge is -2.42. The first-order valence-electron chi connectivity index (χ1n) is 4.80. The Morgan fingerprint density at radius 1 is 1.43 bits per heavy atom. The highest BCUT2D eigenvalue weighted by atomic mass is 16.5. The smallest absolute Gasteiger partial charge is 0.208 e.